The number of ether oxygens (including phenoxy) is 1. The van der Waals surface area contributed by atoms with E-state index in [-0.39, 0.29) is 0 Å². The second kappa shape index (κ2) is 5.71. The molecule has 0 saturated carbocycles. The molecule has 1 aromatic rings. The fourth-order valence-corrected chi connectivity index (χ4v) is 1.53. The Balaban J connectivity index is 1.47. The molecule has 0 atom stereocenters. The van der Waals surface area contributed by atoms with E-state index in [4.69, 9.17) is 4.74 Å². The topological polar surface area (TPSA) is 25.1 Å². The molecule has 82 valence electrons. The zero-order chi connectivity index (χ0) is 10.3. The van der Waals surface area contributed by atoms with Gasteiger partial charge in [-0.25, -0.2) is 0 Å². The monoisotopic (exact) mass is 206 g/mol. The molecule has 1 aliphatic rings. The first-order valence-corrected chi connectivity index (χ1v) is 5.70. The Bertz CT molecular complexity index is 272. The second-order valence-corrected chi connectivity index (χ2v) is 3.93. The van der Waals surface area contributed by atoms with Gasteiger partial charge in [0.15, 0.2) is 0 Å². The van der Waals surface area contributed by atoms with Crippen LogP contribution in [0.2, 0.25) is 0 Å². The van der Waals surface area contributed by atoms with E-state index in [1.54, 1.807) is 12.4 Å². The molecule has 2 heterocycles. The summed E-state index contributed by atoms with van der Waals surface area (Å²) in [6, 6.07) is 3.80. The van der Waals surface area contributed by atoms with Gasteiger partial charge >= 0.3 is 0 Å². The van der Waals surface area contributed by atoms with Crippen LogP contribution in [0.3, 0.4) is 0 Å². The van der Waals surface area contributed by atoms with Gasteiger partial charge in [-0.05, 0) is 37.9 Å². The van der Waals surface area contributed by atoms with Crippen molar-refractivity contribution >= 4 is 0 Å². The molecular formula is C12H18N2O. The van der Waals surface area contributed by atoms with E-state index in [2.05, 4.69) is 9.88 Å². The van der Waals surface area contributed by atoms with Gasteiger partial charge in [-0.3, -0.25) is 4.98 Å². The number of hydrogen-bond acceptors (Lipinski definition) is 3. The number of hydrogen-bond donors (Lipinski definition) is 0. The van der Waals surface area contributed by atoms with E-state index in [9.17, 15) is 0 Å². The quantitative estimate of drug-likeness (QED) is 0.503. The van der Waals surface area contributed by atoms with Gasteiger partial charge in [0.1, 0.15) is 5.75 Å². The minimum atomic E-state index is 0.823. The molecular weight excluding hydrogens is 188 g/mol. The number of nitrogens with zero attached hydrogens (tertiary/aromatic N) is 2. The molecule has 1 saturated heterocycles. The predicted molar refractivity (Wildman–Crippen MR) is 60.0 cm³/mol. The van der Waals surface area contributed by atoms with E-state index < -0.39 is 0 Å². The van der Waals surface area contributed by atoms with Crippen LogP contribution in [0.4, 0.5) is 0 Å². The molecule has 0 amide bonds. The van der Waals surface area contributed by atoms with Crippen LogP contribution in [-0.2, 0) is 0 Å². The second-order valence-electron chi connectivity index (χ2n) is 3.93. The number of unbranched alkanes of at least 4 members (excludes halogenated alkanes) is 2. The van der Waals surface area contributed by atoms with Gasteiger partial charge in [0, 0.05) is 25.5 Å². The van der Waals surface area contributed by atoms with Crippen molar-refractivity contribution in [1.82, 2.24) is 9.88 Å². The molecule has 3 heteroatoms. The van der Waals surface area contributed by atoms with Crippen molar-refractivity contribution in [2.45, 2.75) is 19.3 Å². The fraction of sp³-hybridized carbons (Fsp3) is 0.583. The van der Waals surface area contributed by atoms with Crippen molar-refractivity contribution in [2.75, 3.05) is 26.2 Å². The summed E-state index contributed by atoms with van der Waals surface area (Å²) in [4.78, 5) is 6.41. The molecule has 1 aliphatic heterocycles. The molecule has 0 aliphatic carbocycles. The molecule has 0 radical (unpaired) electrons. The van der Waals surface area contributed by atoms with Crippen LogP contribution in [0.25, 0.3) is 0 Å². The first kappa shape index (κ1) is 10.4. The fourth-order valence-electron chi connectivity index (χ4n) is 1.53. The Morgan fingerprint density at radius 1 is 1.13 bits per heavy atom. The highest BCUT2D eigenvalue weighted by Crippen LogP contribution is 2.09. The number of rotatable bonds is 7. The summed E-state index contributed by atoms with van der Waals surface area (Å²) in [6.07, 6.45) is 7.24. The Morgan fingerprint density at radius 3 is 2.67 bits per heavy atom. The van der Waals surface area contributed by atoms with Gasteiger partial charge in [-0.1, -0.05) is 0 Å². The molecule has 3 nitrogen and oxygen atoms in total. The molecule has 1 fully saturated rings. The highest BCUT2D eigenvalue weighted by Gasteiger charge is 2.14. The van der Waals surface area contributed by atoms with E-state index in [1.807, 2.05) is 12.1 Å². The third-order valence-electron chi connectivity index (χ3n) is 2.58. The van der Waals surface area contributed by atoms with Crippen LogP contribution < -0.4 is 4.74 Å². The normalized spacial score (nSPS) is 15.2. The first-order valence-electron chi connectivity index (χ1n) is 5.70. The van der Waals surface area contributed by atoms with E-state index in [1.165, 1.54) is 32.5 Å². The summed E-state index contributed by atoms with van der Waals surface area (Å²) >= 11 is 0. The molecule has 1 aromatic heterocycles. The Hall–Kier alpha value is -1.09. The minimum Gasteiger partial charge on any atom is -0.493 e. The van der Waals surface area contributed by atoms with Gasteiger partial charge in [-0.15, -0.1) is 0 Å². The van der Waals surface area contributed by atoms with Crippen molar-refractivity contribution in [3.8, 4) is 5.75 Å². The highest BCUT2D eigenvalue weighted by atomic mass is 16.5. The maximum absolute atomic E-state index is 5.58. The van der Waals surface area contributed by atoms with Crippen LogP contribution in [0.15, 0.2) is 24.5 Å². The summed E-state index contributed by atoms with van der Waals surface area (Å²) in [6.45, 7) is 4.72. The summed E-state index contributed by atoms with van der Waals surface area (Å²) in [5, 5.41) is 0. The van der Waals surface area contributed by atoms with Crippen molar-refractivity contribution < 1.29 is 4.74 Å². The number of pyridine rings is 1. The maximum atomic E-state index is 5.58. The molecule has 0 N–H and O–H groups in total. The minimum absolute atomic E-state index is 0.823. The molecule has 2 rings (SSSR count). The highest BCUT2D eigenvalue weighted by molar-refractivity contribution is 5.16. The molecule has 0 aromatic carbocycles. The van der Waals surface area contributed by atoms with Crippen LogP contribution in [0, 0.1) is 0 Å². The van der Waals surface area contributed by atoms with E-state index in [0.29, 0.717) is 0 Å². The summed E-state index contributed by atoms with van der Waals surface area (Å²) in [7, 11) is 0. The van der Waals surface area contributed by atoms with Crippen LogP contribution in [0.1, 0.15) is 19.3 Å². The number of aromatic nitrogens is 1. The van der Waals surface area contributed by atoms with Crippen LogP contribution in [0.5, 0.6) is 5.75 Å². The standard InChI is InChI=1S/C12H18N2O/c1(2-8-14-9-10-14)3-11-15-12-4-6-13-7-5-12/h4-7H,1-3,8-11H2. The van der Waals surface area contributed by atoms with Crippen molar-refractivity contribution in [3.63, 3.8) is 0 Å². The largest absolute Gasteiger partial charge is 0.493 e. The molecule has 0 spiro atoms. The average Bonchev–Trinajstić information content (AvgIpc) is 3.09. The van der Waals surface area contributed by atoms with Gasteiger partial charge in [0.2, 0.25) is 0 Å². The van der Waals surface area contributed by atoms with E-state index in [0.717, 1.165) is 18.8 Å². The molecule has 0 unspecified atom stereocenters. The first-order chi connectivity index (χ1) is 7.45. The Morgan fingerprint density at radius 2 is 1.93 bits per heavy atom. The molecule has 0 bridgehead atoms. The SMILES string of the molecule is c1cc(OCCCCCN2CC2)ccn1. The van der Waals surface area contributed by atoms with Crippen molar-refractivity contribution in [1.29, 1.82) is 0 Å². The summed E-state index contributed by atoms with van der Waals surface area (Å²) in [5.41, 5.74) is 0. The van der Waals surface area contributed by atoms with Gasteiger partial charge in [-0.2, -0.15) is 0 Å². The predicted octanol–water partition coefficient (Wildman–Crippen LogP) is 1.95. The lowest BCUT2D eigenvalue weighted by Crippen LogP contribution is -2.01. The lowest BCUT2D eigenvalue weighted by Gasteiger charge is -2.05. The smallest absolute Gasteiger partial charge is 0.122 e. The van der Waals surface area contributed by atoms with Crippen LogP contribution in [-0.4, -0.2) is 36.1 Å². The zero-order valence-electron chi connectivity index (χ0n) is 9.06. The van der Waals surface area contributed by atoms with E-state index >= 15 is 0 Å². The van der Waals surface area contributed by atoms with Gasteiger partial charge in [0.05, 0.1) is 6.61 Å². The Kier molecular flexibility index (Phi) is 3.97. The van der Waals surface area contributed by atoms with Crippen LogP contribution >= 0.6 is 0 Å². The summed E-state index contributed by atoms with van der Waals surface area (Å²) < 4.78 is 5.58. The zero-order valence-corrected chi connectivity index (χ0v) is 9.06. The average molecular weight is 206 g/mol. The van der Waals surface area contributed by atoms with Gasteiger partial charge in [0.25, 0.3) is 0 Å². The summed E-state index contributed by atoms with van der Waals surface area (Å²) in [5.74, 6) is 0.927. The lowest BCUT2D eigenvalue weighted by atomic mass is 10.2. The maximum Gasteiger partial charge on any atom is 0.122 e. The Labute approximate surface area is 91.1 Å². The third-order valence-corrected chi connectivity index (χ3v) is 2.58. The lowest BCUT2D eigenvalue weighted by molar-refractivity contribution is 0.303. The molecule has 15 heavy (non-hydrogen) atoms. The van der Waals surface area contributed by atoms with Crippen molar-refractivity contribution in [3.05, 3.63) is 24.5 Å². The van der Waals surface area contributed by atoms with Crippen molar-refractivity contribution in [2.24, 2.45) is 0 Å². The third kappa shape index (κ3) is 4.30. The van der Waals surface area contributed by atoms with Gasteiger partial charge < -0.3 is 9.64 Å².